The maximum Gasteiger partial charge on any atom is 0.509 e. The Morgan fingerprint density at radius 3 is 2.89 bits per heavy atom. The Kier molecular flexibility index (Phi) is 3.69. The fourth-order valence-corrected chi connectivity index (χ4v) is 2.01. The highest BCUT2D eigenvalue weighted by atomic mass is 16.8. The lowest BCUT2D eigenvalue weighted by atomic mass is 9.94. The van der Waals surface area contributed by atoms with Gasteiger partial charge in [-0.2, -0.15) is 0 Å². The van der Waals surface area contributed by atoms with Crippen LogP contribution in [0, 0.1) is 5.92 Å². The van der Waals surface area contributed by atoms with Crippen molar-refractivity contribution >= 4 is 12.1 Å². The van der Waals surface area contributed by atoms with Gasteiger partial charge in [0.1, 0.15) is 0 Å². The Labute approximate surface area is 105 Å². The Morgan fingerprint density at radius 1 is 1.50 bits per heavy atom. The molecule has 1 aliphatic carbocycles. The molecule has 2 rings (SSSR count). The first-order valence-electron chi connectivity index (χ1n) is 5.92. The second-order valence-corrected chi connectivity index (χ2v) is 4.52. The van der Waals surface area contributed by atoms with E-state index >= 15 is 0 Å². The normalized spacial score (nSPS) is 30.4. The molecular weight excluding hydrogens is 236 g/mol. The van der Waals surface area contributed by atoms with Crippen molar-refractivity contribution in [3.05, 3.63) is 23.8 Å². The molecule has 3 unspecified atom stereocenters. The predicted molar refractivity (Wildman–Crippen MR) is 62.8 cm³/mol. The summed E-state index contributed by atoms with van der Waals surface area (Å²) in [5, 5.41) is 0. The van der Waals surface area contributed by atoms with Gasteiger partial charge in [0, 0.05) is 6.42 Å². The van der Waals surface area contributed by atoms with Crippen LogP contribution in [0.1, 0.15) is 19.8 Å². The average molecular weight is 252 g/mol. The van der Waals surface area contributed by atoms with E-state index in [1.807, 2.05) is 6.08 Å². The molecule has 0 aromatic carbocycles. The molecule has 2 aliphatic rings. The van der Waals surface area contributed by atoms with Crippen molar-refractivity contribution in [3.63, 3.8) is 0 Å². The van der Waals surface area contributed by atoms with Crippen molar-refractivity contribution < 1.29 is 23.8 Å². The maximum absolute atomic E-state index is 11.4. The van der Waals surface area contributed by atoms with Gasteiger partial charge in [-0.15, -0.1) is 0 Å². The zero-order valence-corrected chi connectivity index (χ0v) is 10.4. The Morgan fingerprint density at radius 2 is 2.28 bits per heavy atom. The second-order valence-electron chi connectivity index (χ2n) is 4.52. The first kappa shape index (κ1) is 12.7. The van der Waals surface area contributed by atoms with Crippen LogP contribution in [0.25, 0.3) is 0 Å². The minimum atomic E-state index is -0.962. The first-order chi connectivity index (χ1) is 8.60. The number of esters is 1. The average Bonchev–Trinajstić information content (AvgIpc) is 2.72. The molecular formula is C13H16O5. The molecule has 0 N–H and O–H groups in total. The van der Waals surface area contributed by atoms with Crippen molar-refractivity contribution in [3.8, 4) is 0 Å². The molecule has 1 saturated heterocycles. The lowest BCUT2D eigenvalue weighted by Gasteiger charge is -2.16. The molecule has 1 fully saturated rings. The summed E-state index contributed by atoms with van der Waals surface area (Å²) in [7, 11) is 1.26. The molecule has 3 atom stereocenters. The molecule has 0 amide bonds. The van der Waals surface area contributed by atoms with Crippen LogP contribution in [0.15, 0.2) is 23.8 Å². The van der Waals surface area contributed by atoms with Crippen molar-refractivity contribution in [1.29, 1.82) is 0 Å². The molecule has 0 radical (unpaired) electrons. The number of allylic oxidation sites excluding steroid dienone is 3. The molecule has 1 aliphatic heterocycles. The highest BCUT2D eigenvalue weighted by molar-refractivity contribution is 5.80. The van der Waals surface area contributed by atoms with Gasteiger partial charge in [0.2, 0.25) is 6.10 Å². The van der Waals surface area contributed by atoms with E-state index in [9.17, 15) is 9.59 Å². The molecule has 0 aromatic rings. The molecule has 5 nitrogen and oxygen atoms in total. The molecule has 0 aromatic heterocycles. The second kappa shape index (κ2) is 5.25. The van der Waals surface area contributed by atoms with E-state index in [0.717, 1.165) is 12.0 Å². The van der Waals surface area contributed by atoms with Crippen LogP contribution in [0.3, 0.4) is 0 Å². The fourth-order valence-electron chi connectivity index (χ4n) is 2.01. The number of cyclic esters (lactones) is 2. The zero-order chi connectivity index (χ0) is 13.1. The lowest BCUT2D eigenvalue weighted by Crippen LogP contribution is -2.32. The first-order valence-corrected chi connectivity index (χ1v) is 5.92. The Balaban J connectivity index is 2.01. The number of ether oxygens (including phenoxy) is 3. The summed E-state index contributed by atoms with van der Waals surface area (Å²) < 4.78 is 14.4. The number of carbonyl (C=O) groups is 2. The number of rotatable bonds is 3. The van der Waals surface area contributed by atoms with Crippen molar-refractivity contribution in [2.75, 3.05) is 7.11 Å². The van der Waals surface area contributed by atoms with E-state index in [2.05, 4.69) is 23.8 Å². The molecule has 1 heterocycles. The lowest BCUT2D eigenvalue weighted by molar-refractivity contribution is -0.150. The smallest absolute Gasteiger partial charge is 0.466 e. The van der Waals surface area contributed by atoms with E-state index in [4.69, 9.17) is 9.47 Å². The molecule has 0 spiro atoms. The van der Waals surface area contributed by atoms with Gasteiger partial charge in [-0.3, -0.25) is 0 Å². The topological polar surface area (TPSA) is 61.8 Å². The Hall–Kier alpha value is -1.78. The minimum absolute atomic E-state index is 0.467. The van der Waals surface area contributed by atoms with Gasteiger partial charge in [-0.1, -0.05) is 25.2 Å². The standard InChI is InChI=1S/C13H16O5/c1-8-3-5-9(6-4-8)7-10-11(12(14)16-2)18-13(15)17-10/h3,5-6,8,10-11H,4,7H2,1-2H3. The molecule has 0 saturated carbocycles. The van der Waals surface area contributed by atoms with Crippen LogP contribution >= 0.6 is 0 Å². The summed E-state index contributed by atoms with van der Waals surface area (Å²) in [5.41, 5.74) is 1.05. The van der Waals surface area contributed by atoms with Crippen LogP contribution in [0.2, 0.25) is 0 Å². The third-order valence-corrected chi connectivity index (χ3v) is 3.07. The van der Waals surface area contributed by atoms with Gasteiger partial charge < -0.3 is 14.2 Å². The summed E-state index contributed by atoms with van der Waals surface area (Å²) in [6, 6.07) is 0. The van der Waals surface area contributed by atoms with Crippen molar-refractivity contribution in [2.24, 2.45) is 5.92 Å². The number of methoxy groups -OCH3 is 1. The van der Waals surface area contributed by atoms with Crippen LogP contribution in [0.4, 0.5) is 4.79 Å². The van der Waals surface area contributed by atoms with Crippen LogP contribution in [-0.2, 0) is 19.0 Å². The highest BCUT2D eigenvalue weighted by Gasteiger charge is 2.42. The van der Waals surface area contributed by atoms with Crippen molar-refractivity contribution in [1.82, 2.24) is 0 Å². The molecule has 18 heavy (non-hydrogen) atoms. The third-order valence-electron chi connectivity index (χ3n) is 3.07. The van der Waals surface area contributed by atoms with E-state index < -0.39 is 24.3 Å². The molecule has 0 bridgehead atoms. The molecule has 98 valence electrons. The van der Waals surface area contributed by atoms with E-state index in [0.29, 0.717) is 12.3 Å². The largest absolute Gasteiger partial charge is 0.509 e. The maximum atomic E-state index is 11.4. The molecule has 5 heteroatoms. The van der Waals surface area contributed by atoms with Gasteiger partial charge in [-0.05, 0) is 17.9 Å². The SMILES string of the molecule is COC(=O)C1OC(=O)OC1CC1=CCC(C)C=C1. The van der Waals surface area contributed by atoms with Gasteiger partial charge in [0.05, 0.1) is 7.11 Å². The quantitative estimate of drug-likeness (QED) is 0.719. The summed E-state index contributed by atoms with van der Waals surface area (Å²) in [4.78, 5) is 22.5. The third kappa shape index (κ3) is 2.72. The number of carbonyl (C=O) groups excluding carboxylic acids is 2. The van der Waals surface area contributed by atoms with E-state index in [1.54, 1.807) is 0 Å². The monoisotopic (exact) mass is 252 g/mol. The van der Waals surface area contributed by atoms with E-state index in [-0.39, 0.29) is 0 Å². The summed E-state index contributed by atoms with van der Waals surface area (Å²) >= 11 is 0. The summed E-state index contributed by atoms with van der Waals surface area (Å²) in [6.07, 6.45) is 5.22. The number of hydrogen-bond donors (Lipinski definition) is 0. The van der Waals surface area contributed by atoms with Gasteiger partial charge >= 0.3 is 12.1 Å². The highest BCUT2D eigenvalue weighted by Crippen LogP contribution is 2.26. The Bertz CT molecular complexity index is 410. The minimum Gasteiger partial charge on any atom is -0.466 e. The predicted octanol–water partition coefficient (Wildman–Crippen LogP) is 1.98. The van der Waals surface area contributed by atoms with Gasteiger partial charge in [0.15, 0.2) is 6.10 Å². The van der Waals surface area contributed by atoms with Crippen LogP contribution in [-0.4, -0.2) is 31.4 Å². The van der Waals surface area contributed by atoms with Crippen molar-refractivity contribution in [2.45, 2.75) is 32.0 Å². The van der Waals surface area contributed by atoms with Gasteiger partial charge in [0.25, 0.3) is 0 Å². The fraction of sp³-hybridized carbons (Fsp3) is 0.538. The zero-order valence-electron chi connectivity index (χ0n) is 10.4. The van der Waals surface area contributed by atoms with Crippen LogP contribution in [0.5, 0.6) is 0 Å². The van der Waals surface area contributed by atoms with Crippen LogP contribution < -0.4 is 0 Å². The summed E-state index contributed by atoms with van der Waals surface area (Å²) in [6.45, 7) is 2.12. The van der Waals surface area contributed by atoms with E-state index in [1.165, 1.54) is 7.11 Å². The summed E-state index contributed by atoms with van der Waals surface area (Å²) in [5.74, 6) is -0.0628. The van der Waals surface area contributed by atoms with Gasteiger partial charge in [-0.25, -0.2) is 9.59 Å². The number of hydrogen-bond acceptors (Lipinski definition) is 5.